The molecule has 1 aromatic carbocycles. The van der Waals surface area contributed by atoms with E-state index in [1.54, 1.807) is 0 Å². The van der Waals surface area contributed by atoms with Crippen molar-refractivity contribution in [1.29, 1.82) is 0 Å². The van der Waals surface area contributed by atoms with Gasteiger partial charge in [-0.25, -0.2) is 0 Å². The number of carbonyl (C=O) groups excluding carboxylic acids is 1. The van der Waals surface area contributed by atoms with Gasteiger partial charge in [0.25, 0.3) is 0 Å². The molecule has 4 nitrogen and oxygen atoms in total. The average Bonchev–Trinajstić information content (AvgIpc) is 2.24. The number of hydrogen-bond donors (Lipinski definition) is 1. The van der Waals surface area contributed by atoms with Crippen molar-refractivity contribution in [1.82, 2.24) is 0 Å². The Kier molecular flexibility index (Phi) is 2.59. The highest BCUT2D eigenvalue weighted by Crippen LogP contribution is 2.55. The van der Waals surface area contributed by atoms with Gasteiger partial charge in [0, 0.05) is 11.6 Å². The highest BCUT2D eigenvalue weighted by molar-refractivity contribution is 5.86. The van der Waals surface area contributed by atoms with E-state index in [9.17, 15) is 9.90 Å². The molecule has 0 radical (unpaired) electrons. The third-order valence-corrected chi connectivity index (χ3v) is 4.07. The fourth-order valence-electron chi connectivity index (χ4n) is 3.47. The first kappa shape index (κ1) is 13.3. The summed E-state index contributed by atoms with van der Waals surface area (Å²) in [6.45, 7) is 8.11. The van der Waals surface area contributed by atoms with Gasteiger partial charge in [-0.05, 0) is 46.5 Å². The maximum absolute atomic E-state index is 11.3. The maximum atomic E-state index is 11.3. The Morgan fingerprint density at radius 3 is 2.40 bits per heavy atom. The summed E-state index contributed by atoms with van der Waals surface area (Å²) < 4.78 is 11.9. The number of aromatic hydroxyl groups is 1. The molecule has 0 fully saturated rings. The van der Waals surface area contributed by atoms with Gasteiger partial charge in [-0.1, -0.05) is 0 Å². The Morgan fingerprint density at radius 1 is 1.20 bits per heavy atom. The molecule has 4 heteroatoms. The molecule has 1 unspecified atom stereocenters. The van der Waals surface area contributed by atoms with Gasteiger partial charge in [0.05, 0.1) is 5.56 Å². The molecule has 2 aliphatic rings. The summed E-state index contributed by atoms with van der Waals surface area (Å²) in [5.41, 5.74) is 0.527. The molecule has 0 saturated carbocycles. The van der Waals surface area contributed by atoms with Crippen LogP contribution in [0.5, 0.6) is 17.2 Å². The van der Waals surface area contributed by atoms with E-state index in [4.69, 9.17) is 9.47 Å². The summed E-state index contributed by atoms with van der Waals surface area (Å²) >= 11 is 0. The van der Waals surface area contributed by atoms with E-state index in [-0.39, 0.29) is 28.4 Å². The van der Waals surface area contributed by atoms with Gasteiger partial charge in [-0.2, -0.15) is 0 Å². The molecule has 2 heterocycles. The quantitative estimate of drug-likeness (QED) is 0.799. The van der Waals surface area contributed by atoms with Gasteiger partial charge in [0.15, 0.2) is 6.29 Å². The van der Waals surface area contributed by atoms with E-state index in [2.05, 4.69) is 0 Å². The molecule has 2 aliphatic heterocycles. The van der Waals surface area contributed by atoms with Gasteiger partial charge in [-0.15, -0.1) is 0 Å². The number of carbonyl (C=O) groups is 1. The standard InChI is InChI=1S/C16H20O4/c1-15(2)6-9-7-16(3,4)20-14-10(8-17)11(18)5-12(19-15)13(9)14/h5,8-9,18H,6-7H2,1-4H3. The highest BCUT2D eigenvalue weighted by atomic mass is 16.5. The number of ether oxygens (including phenoxy) is 2. The van der Waals surface area contributed by atoms with Gasteiger partial charge in [-0.3, -0.25) is 4.79 Å². The predicted molar refractivity (Wildman–Crippen MR) is 74.9 cm³/mol. The van der Waals surface area contributed by atoms with Gasteiger partial charge >= 0.3 is 0 Å². The van der Waals surface area contributed by atoms with E-state index in [0.717, 1.165) is 18.4 Å². The zero-order valence-electron chi connectivity index (χ0n) is 12.3. The first-order valence-electron chi connectivity index (χ1n) is 6.95. The maximum Gasteiger partial charge on any atom is 0.157 e. The molecule has 20 heavy (non-hydrogen) atoms. The van der Waals surface area contributed by atoms with E-state index in [0.29, 0.717) is 17.8 Å². The Labute approximate surface area is 118 Å². The third kappa shape index (κ3) is 1.94. The minimum atomic E-state index is -0.353. The first-order valence-corrected chi connectivity index (χ1v) is 6.95. The van der Waals surface area contributed by atoms with Crippen LogP contribution < -0.4 is 9.47 Å². The molecule has 0 bridgehead atoms. The number of hydrogen-bond acceptors (Lipinski definition) is 4. The molecular weight excluding hydrogens is 256 g/mol. The summed E-state index contributed by atoms with van der Waals surface area (Å²) in [7, 11) is 0. The molecule has 1 N–H and O–H groups in total. The van der Waals surface area contributed by atoms with Crippen LogP contribution in [0.1, 0.15) is 62.4 Å². The smallest absolute Gasteiger partial charge is 0.157 e. The third-order valence-electron chi connectivity index (χ3n) is 4.07. The van der Waals surface area contributed by atoms with Crippen LogP contribution in [0.4, 0.5) is 0 Å². The number of benzene rings is 1. The lowest BCUT2D eigenvalue weighted by atomic mass is 9.75. The monoisotopic (exact) mass is 276 g/mol. The fraction of sp³-hybridized carbons (Fsp3) is 0.562. The summed E-state index contributed by atoms with van der Waals surface area (Å²) in [6, 6.07) is 1.54. The Hall–Kier alpha value is -1.71. The second-order valence-electron chi connectivity index (χ2n) is 7.00. The van der Waals surface area contributed by atoms with Crippen molar-refractivity contribution in [2.75, 3.05) is 0 Å². The Morgan fingerprint density at radius 2 is 1.80 bits per heavy atom. The SMILES string of the molecule is CC1(C)CC2CC(C)(C)Oc3c(C=O)c(O)cc(c32)O1. The number of phenolic OH excluding ortho intramolecular Hbond substituents is 1. The van der Waals surface area contributed by atoms with E-state index in [1.807, 2.05) is 27.7 Å². The summed E-state index contributed by atoms with van der Waals surface area (Å²) in [5, 5.41) is 10.0. The first-order chi connectivity index (χ1) is 9.22. The molecular formula is C16H20O4. The van der Waals surface area contributed by atoms with Crippen molar-refractivity contribution in [2.24, 2.45) is 0 Å². The second kappa shape index (κ2) is 3.90. The van der Waals surface area contributed by atoms with Crippen LogP contribution in [0, 0.1) is 0 Å². The van der Waals surface area contributed by atoms with Crippen molar-refractivity contribution >= 4 is 6.29 Å². The Bertz CT molecular complexity index is 585. The lowest BCUT2D eigenvalue weighted by molar-refractivity contribution is 0.0196. The average molecular weight is 276 g/mol. The molecule has 0 spiro atoms. The van der Waals surface area contributed by atoms with Crippen LogP contribution in [0.3, 0.4) is 0 Å². The van der Waals surface area contributed by atoms with Crippen molar-refractivity contribution < 1.29 is 19.4 Å². The normalized spacial score (nSPS) is 25.1. The van der Waals surface area contributed by atoms with Gasteiger partial charge in [0.2, 0.25) is 0 Å². The van der Waals surface area contributed by atoms with Crippen LogP contribution in [-0.2, 0) is 0 Å². The molecule has 3 rings (SSSR count). The van der Waals surface area contributed by atoms with E-state index in [1.165, 1.54) is 6.07 Å². The van der Waals surface area contributed by atoms with Crippen LogP contribution in [0.25, 0.3) is 0 Å². The predicted octanol–water partition coefficient (Wildman–Crippen LogP) is 3.41. The lowest BCUT2D eigenvalue weighted by Crippen LogP contribution is -2.42. The van der Waals surface area contributed by atoms with E-state index < -0.39 is 0 Å². The molecule has 0 amide bonds. The minimum absolute atomic E-state index is 0.0806. The van der Waals surface area contributed by atoms with Gasteiger partial charge in [0.1, 0.15) is 28.5 Å². The summed E-state index contributed by atoms with van der Waals surface area (Å²) in [6.07, 6.45) is 2.41. The molecule has 1 aromatic rings. The topological polar surface area (TPSA) is 55.8 Å². The highest BCUT2D eigenvalue weighted by Gasteiger charge is 2.44. The second-order valence-corrected chi connectivity index (χ2v) is 7.00. The minimum Gasteiger partial charge on any atom is -0.507 e. The molecule has 0 saturated heterocycles. The van der Waals surface area contributed by atoms with Crippen molar-refractivity contribution in [3.63, 3.8) is 0 Å². The van der Waals surface area contributed by atoms with Crippen molar-refractivity contribution in [3.8, 4) is 17.2 Å². The molecule has 108 valence electrons. The summed E-state index contributed by atoms with van der Waals surface area (Å²) in [5.74, 6) is 1.33. The van der Waals surface area contributed by atoms with Crippen LogP contribution in [0.2, 0.25) is 0 Å². The molecule has 0 aromatic heterocycles. The Balaban J connectivity index is 2.26. The lowest BCUT2D eigenvalue weighted by Gasteiger charge is -2.45. The number of aldehydes is 1. The fourth-order valence-corrected chi connectivity index (χ4v) is 3.47. The molecule has 0 aliphatic carbocycles. The number of phenols is 1. The van der Waals surface area contributed by atoms with Crippen LogP contribution in [-0.4, -0.2) is 22.6 Å². The zero-order chi connectivity index (χ0) is 14.7. The van der Waals surface area contributed by atoms with Gasteiger partial charge < -0.3 is 14.6 Å². The van der Waals surface area contributed by atoms with E-state index >= 15 is 0 Å². The zero-order valence-corrected chi connectivity index (χ0v) is 12.3. The number of rotatable bonds is 1. The van der Waals surface area contributed by atoms with Crippen molar-refractivity contribution in [3.05, 3.63) is 17.2 Å². The van der Waals surface area contributed by atoms with Crippen LogP contribution >= 0.6 is 0 Å². The summed E-state index contributed by atoms with van der Waals surface area (Å²) in [4.78, 5) is 11.3. The van der Waals surface area contributed by atoms with Crippen LogP contribution in [0.15, 0.2) is 6.07 Å². The van der Waals surface area contributed by atoms with Crippen molar-refractivity contribution in [2.45, 2.75) is 57.7 Å². The largest absolute Gasteiger partial charge is 0.507 e. The molecule has 1 atom stereocenters.